The molecule has 4 N–H and O–H groups in total. The number of anilines is 2. The maximum Gasteiger partial charge on any atom is 0.171 e. The molecule has 4 rings (SSSR count). The van der Waals surface area contributed by atoms with Gasteiger partial charge < -0.3 is 5.73 Å². The summed E-state index contributed by atoms with van der Waals surface area (Å²) in [6.07, 6.45) is 0. The van der Waals surface area contributed by atoms with Gasteiger partial charge in [-0.15, -0.1) is 0 Å². The highest BCUT2D eigenvalue weighted by molar-refractivity contribution is 5.84. The summed E-state index contributed by atoms with van der Waals surface area (Å²) in [5.41, 5.74) is 18.8. The van der Waals surface area contributed by atoms with Crippen molar-refractivity contribution in [1.82, 2.24) is 9.97 Å². The molecule has 0 saturated carbocycles. The lowest BCUT2D eigenvalue weighted by molar-refractivity contribution is 1.07. The molecule has 0 aliphatic rings. The topological polar surface area (TPSA) is 75.9 Å². The van der Waals surface area contributed by atoms with E-state index in [4.69, 9.17) is 15.7 Å². The van der Waals surface area contributed by atoms with Gasteiger partial charge >= 0.3 is 0 Å². The first-order valence-electron chi connectivity index (χ1n) is 8.88. The van der Waals surface area contributed by atoms with E-state index in [9.17, 15) is 0 Å². The Bertz CT molecular complexity index is 1060. The number of aryl methyl sites for hydroxylation is 1. The maximum atomic E-state index is 5.66. The molecule has 0 radical (unpaired) electrons. The summed E-state index contributed by atoms with van der Waals surface area (Å²) in [6.45, 7) is 2.58. The number of fused-ring (bicyclic) bond motifs is 1. The van der Waals surface area contributed by atoms with Crippen molar-refractivity contribution in [2.45, 2.75) is 13.5 Å². The van der Waals surface area contributed by atoms with Crippen molar-refractivity contribution in [1.29, 1.82) is 0 Å². The summed E-state index contributed by atoms with van der Waals surface area (Å²) >= 11 is 0. The van der Waals surface area contributed by atoms with Crippen molar-refractivity contribution in [3.05, 3.63) is 83.9 Å². The summed E-state index contributed by atoms with van der Waals surface area (Å²) in [5, 5.41) is 0. The van der Waals surface area contributed by atoms with Gasteiger partial charge in [-0.2, -0.15) is 0 Å². The number of rotatable bonds is 5. The van der Waals surface area contributed by atoms with Crippen molar-refractivity contribution >= 4 is 22.5 Å². The molecule has 134 valence electrons. The lowest BCUT2D eigenvalue weighted by Gasteiger charge is -2.14. The summed E-state index contributed by atoms with van der Waals surface area (Å²) < 4.78 is 0. The van der Waals surface area contributed by atoms with Crippen LogP contribution in [0.25, 0.3) is 22.3 Å². The van der Waals surface area contributed by atoms with Gasteiger partial charge in [0.15, 0.2) is 5.82 Å². The van der Waals surface area contributed by atoms with Gasteiger partial charge in [-0.1, -0.05) is 48.5 Å². The van der Waals surface area contributed by atoms with E-state index in [1.807, 2.05) is 66.7 Å². The SMILES string of the molecule is Cc1ccc2nc(-c3ccccc3)c(NNc3ccc(CN)cc3)nc2c1. The molecule has 0 bridgehead atoms. The Hall–Kier alpha value is -3.44. The van der Waals surface area contributed by atoms with Gasteiger partial charge in [-0.25, -0.2) is 9.97 Å². The van der Waals surface area contributed by atoms with E-state index in [1.54, 1.807) is 0 Å². The summed E-state index contributed by atoms with van der Waals surface area (Å²) in [4.78, 5) is 9.65. The zero-order valence-corrected chi connectivity index (χ0v) is 15.1. The van der Waals surface area contributed by atoms with Crippen LogP contribution in [0.4, 0.5) is 11.5 Å². The molecule has 3 aromatic carbocycles. The Morgan fingerprint density at radius 1 is 0.815 bits per heavy atom. The monoisotopic (exact) mass is 355 g/mol. The number of nitrogens with one attached hydrogen (secondary N) is 2. The van der Waals surface area contributed by atoms with E-state index >= 15 is 0 Å². The van der Waals surface area contributed by atoms with Crippen LogP contribution in [-0.2, 0) is 6.54 Å². The number of nitrogens with two attached hydrogens (primary N) is 1. The van der Waals surface area contributed by atoms with Crippen LogP contribution >= 0.6 is 0 Å². The normalized spacial score (nSPS) is 10.7. The van der Waals surface area contributed by atoms with Gasteiger partial charge in [-0.05, 0) is 42.3 Å². The van der Waals surface area contributed by atoms with Gasteiger partial charge in [0.1, 0.15) is 5.69 Å². The highest BCUT2D eigenvalue weighted by Gasteiger charge is 2.11. The lowest BCUT2D eigenvalue weighted by atomic mass is 10.1. The molecule has 0 unspecified atom stereocenters. The fraction of sp³-hybridized carbons (Fsp3) is 0.0909. The third-order valence-corrected chi connectivity index (χ3v) is 4.38. The van der Waals surface area contributed by atoms with E-state index in [-0.39, 0.29) is 0 Å². The van der Waals surface area contributed by atoms with Gasteiger partial charge in [0.05, 0.1) is 16.7 Å². The standard InChI is InChI=1S/C22H21N5/c1-15-7-12-19-20(13-15)25-22(21(24-19)17-5-3-2-4-6-17)27-26-18-10-8-16(14-23)9-11-18/h2-13,26H,14,23H2,1H3,(H,25,27). The van der Waals surface area contributed by atoms with Crippen LogP contribution in [-0.4, -0.2) is 9.97 Å². The van der Waals surface area contributed by atoms with E-state index in [0.717, 1.165) is 39.1 Å². The molecule has 5 nitrogen and oxygen atoms in total. The van der Waals surface area contributed by atoms with E-state index < -0.39 is 0 Å². The Morgan fingerprint density at radius 2 is 1.59 bits per heavy atom. The first-order chi connectivity index (χ1) is 13.2. The number of hydrogen-bond acceptors (Lipinski definition) is 5. The molecule has 4 aromatic rings. The van der Waals surface area contributed by atoms with Crippen molar-refractivity contribution in [3.8, 4) is 11.3 Å². The molecule has 27 heavy (non-hydrogen) atoms. The second-order valence-corrected chi connectivity index (χ2v) is 6.43. The van der Waals surface area contributed by atoms with Crippen molar-refractivity contribution < 1.29 is 0 Å². The number of benzene rings is 3. The minimum atomic E-state index is 0.529. The zero-order chi connectivity index (χ0) is 18.6. The van der Waals surface area contributed by atoms with Gasteiger partial charge in [0, 0.05) is 12.1 Å². The van der Waals surface area contributed by atoms with Gasteiger partial charge in [0.2, 0.25) is 0 Å². The minimum Gasteiger partial charge on any atom is -0.326 e. The van der Waals surface area contributed by atoms with Crippen molar-refractivity contribution in [2.24, 2.45) is 5.73 Å². The first kappa shape index (κ1) is 17.0. The number of hydrogen-bond donors (Lipinski definition) is 3. The quantitative estimate of drug-likeness (QED) is 0.460. The van der Waals surface area contributed by atoms with E-state index in [2.05, 4.69) is 23.8 Å². The lowest BCUT2D eigenvalue weighted by Crippen LogP contribution is -2.12. The maximum absolute atomic E-state index is 5.66. The van der Waals surface area contributed by atoms with Crippen LogP contribution in [0.3, 0.4) is 0 Å². The molecule has 0 aliphatic carbocycles. The molecular formula is C22H21N5. The fourth-order valence-electron chi connectivity index (χ4n) is 2.90. The zero-order valence-electron chi connectivity index (χ0n) is 15.1. The number of nitrogens with zero attached hydrogens (tertiary/aromatic N) is 2. The minimum absolute atomic E-state index is 0.529. The highest BCUT2D eigenvalue weighted by Crippen LogP contribution is 2.27. The second kappa shape index (κ2) is 7.43. The Balaban J connectivity index is 1.72. The van der Waals surface area contributed by atoms with E-state index in [0.29, 0.717) is 12.4 Å². The molecule has 0 fully saturated rings. The van der Waals surface area contributed by atoms with E-state index in [1.165, 1.54) is 0 Å². The predicted molar refractivity (Wildman–Crippen MR) is 111 cm³/mol. The number of hydrazine groups is 1. The predicted octanol–water partition coefficient (Wildman–Crippen LogP) is 4.50. The van der Waals surface area contributed by atoms with Crippen molar-refractivity contribution in [3.63, 3.8) is 0 Å². The molecule has 0 atom stereocenters. The Kier molecular flexibility index (Phi) is 4.68. The Morgan fingerprint density at radius 3 is 2.33 bits per heavy atom. The molecule has 1 heterocycles. The van der Waals surface area contributed by atoms with Crippen LogP contribution in [0, 0.1) is 6.92 Å². The molecular weight excluding hydrogens is 334 g/mol. The molecule has 0 spiro atoms. The average Bonchev–Trinajstić information content (AvgIpc) is 2.72. The van der Waals surface area contributed by atoms with Gasteiger partial charge in [0.25, 0.3) is 0 Å². The van der Waals surface area contributed by atoms with Gasteiger partial charge in [-0.3, -0.25) is 10.9 Å². The molecule has 1 aromatic heterocycles. The fourth-order valence-corrected chi connectivity index (χ4v) is 2.90. The largest absolute Gasteiger partial charge is 0.326 e. The Labute approximate surface area is 158 Å². The smallest absolute Gasteiger partial charge is 0.171 e. The third kappa shape index (κ3) is 3.73. The average molecular weight is 355 g/mol. The molecule has 0 aliphatic heterocycles. The van der Waals surface area contributed by atoms with Crippen LogP contribution < -0.4 is 16.6 Å². The van der Waals surface area contributed by atoms with Crippen molar-refractivity contribution in [2.75, 3.05) is 10.9 Å². The highest BCUT2D eigenvalue weighted by atomic mass is 15.4. The molecule has 0 saturated heterocycles. The molecule has 5 heteroatoms. The first-order valence-corrected chi connectivity index (χ1v) is 8.88. The summed E-state index contributed by atoms with van der Waals surface area (Å²) in [7, 11) is 0. The van der Waals surface area contributed by atoms with Crippen LogP contribution in [0.2, 0.25) is 0 Å². The second-order valence-electron chi connectivity index (χ2n) is 6.43. The summed E-state index contributed by atoms with van der Waals surface area (Å²) in [5.74, 6) is 0.683. The van der Waals surface area contributed by atoms with Crippen LogP contribution in [0.15, 0.2) is 72.8 Å². The summed E-state index contributed by atoms with van der Waals surface area (Å²) in [6, 6.07) is 24.1. The van der Waals surface area contributed by atoms with Crippen LogP contribution in [0.5, 0.6) is 0 Å². The molecule has 0 amide bonds. The number of aromatic nitrogens is 2. The third-order valence-electron chi connectivity index (χ3n) is 4.38. The van der Waals surface area contributed by atoms with Crippen LogP contribution in [0.1, 0.15) is 11.1 Å².